The van der Waals surface area contributed by atoms with Gasteiger partial charge < -0.3 is 24.8 Å². The summed E-state index contributed by atoms with van der Waals surface area (Å²) in [4.78, 5) is 37.8. The van der Waals surface area contributed by atoms with Crippen molar-refractivity contribution in [1.29, 1.82) is 5.26 Å². The molecule has 34 heavy (non-hydrogen) atoms. The van der Waals surface area contributed by atoms with Crippen LogP contribution in [-0.2, 0) is 20.7 Å². The molecule has 2 aromatic carbocycles. The van der Waals surface area contributed by atoms with E-state index in [9.17, 15) is 14.4 Å². The fourth-order valence-corrected chi connectivity index (χ4v) is 3.78. The fraction of sp³-hybridized carbons (Fsp3) is 0.360. The van der Waals surface area contributed by atoms with Gasteiger partial charge in [-0.3, -0.25) is 9.59 Å². The van der Waals surface area contributed by atoms with E-state index in [2.05, 4.69) is 16.7 Å². The van der Waals surface area contributed by atoms with Gasteiger partial charge in [0.05, 0.1) is 38.0 Å². The molecule has 0 bridgehead atoms. The molecule has 0 aromatic heterocycles. The van der Waals surface area contributed by atoms with Crippen molar-refractivity contribution >= 4 is 29.2 Å². The third kappa shape index (κ3) is 6.25. The second kappa shape index (κ2) is 11.7. The van der Waals surface area contributed by atoms with Crippen LogP contribution in [0.2, 0.25) is 0 Å². The van der Waals surface area contributed by atoms with E-state index in [4.69, 9.17) is 19.5 Å². The highest BCUT2D eigenvalue weighted by molar-refractivity contribution is 6.03. The molecule has 0 unspecified atom stereocenters. The van der Waals surface area contributed by atoms with Crippen molar-refractivity contribution < 1.29 is 28.6 Å². The number of nitrogens with zero attached hydrogens (tertiary/aromatic N) is 1. The Morgan fingerprint density at radius 1 is 1.00 bits per heavy atom. The van der Waals surface area contributed by atoms with Gasteiger partial charge >= 0.3 is 5.97 Å². The molecule has 1 aliphatic rings. The van der Waals surface area contributed by atoms with Crippen LogP contribution in [-0.4, -0.2) is 38.6 Å². The summed E-state index contributed by atoms with van der Waals surface area (Å²) >= 11 is 0. The van der Waals surface area contributed by atoms with Crippen molar-refractivity contribution in [2.75, 3.05) is 31.5 Å². The van der Waals surface area contributed by atoms with Gasteiger partial charge in [-0.1, -0.05) is 25.0 Å². The maximum atomic E-state index is 12.8. The minimum absolute atomic E-state index is 0.0534. The fourth-order valence-electron chi connectivity index (χ4n) is 3.78. The van der Waals surface area contributed by atoms with Gasteiger partial charge in [0, 0.05) is 23.7 Å². The van der Waals surface area contributed by atoms with Crippen molar-refractivity contribution in [3.63, 3.8) is 0 Å². The van der Waals surface area contributed by atoms with Crippen molar-refractivity contribution in [2.24, 2.45) is 5.92 Å². The summed E-state index contributed by atoms with van der Waals surface area (Å²) in [5, 5.41) is 14.2. The van der Waals surface area contributed by atoms with Crippen LogP contribution >= 0.6 is 0 Å². The van der Waals surface area contributed by atoms with Crippen molar-refractivity contribution in [2.45, 2.75) is 32.1 Å². The molecule has 0 heterocycles. The standard InChI is InChI=1S/C25H27N3O6/c1-32-21-13-19(20(14-22(21)33-2)28-24(30)17-5-3-4-6-17)25(31)34-15-23(29)27-18-9-7-16(8-10-18)11-12-26/h7-10,13-14,17H,3-6,11,15H2,1-2H3,(H,27,29)(H,28,30). The second-order valence-electron chi connectivity index (χ2n) is 7.88. The SMILES string of the molecule is COc1cc(NC(=O)C2CCCC2)c(C(=O)OCC(=O)Nc2ccc(CC#N)cc2)cc1OC. The predicted octanol–water partition coefficient (Wildman–Crippen LogP) is 3.69. The van der Waals surface area contributed by atoms with Gasteiger partial charge in [0.25, 0.3) is 5.91 Å². The van der Waals surface area contributed by atoms with E-state index >= 15 is 0 Å². The zero-order valence-electron chi connectivity index (χ0n) is 19.2. The molecule has 2 amide bonds. The highest BCUT2D eigenvalue weighted by Crippen LogP contribution is 2.35. The maximum Gasteiger partial charge on any atom is 0.340 e. The summed E-state index contributed by atoms with van der Waals surface area (Å²) < 4.78 is 15.8. The average Bonchev–Trinajstić information content (AvgIpc) is 3.39. The summed E-state index contributed by atoms with van der Waals surface area (Å²) in [6.45, 7) is -0.525. The highest BCUT2D eigenvalue weighted by Gasteiger charge is 2.26. The Balaban J connectivity index is 1.69. The molecular weight excluding hydrogens is 438 g/mol. The van der Waals surface area contributed by atoms with Gasteiger partial charge in [0.1, 0.15) is 0 Å². The largest absolute Gasteiger partial charge is 0.493 e. The first-order valence-corrected chi connectivity index (χ1v) is 10.9. The lowest BCUT2D eigenvalue weighted by molar-refractivity contribution is -0.120. The Bertz CT molecular complexity index is 1090. The van der Waals surface area contributed by atoms with E-state index in [1.54, 1.807) is 24.3 Å². The van der Waals surface area contributed by atoms with Gasteiger partial charge in [-0.05, 0) is 30.5 Å². The Hall–Kier alpha value is -4.06. The number of hydrogen-bond acceptors (Lipinski definition) is 7. The molecule has 0 saturated heterocycles. The number of anilines is 2. The van der Waals surface area contributed by atoms with Gasteiger partial charge in [-0.15, -0.1) is 0 Å². The maximum absolute atomic E-state index is 12.8. The number of rotatable bonds is 9. The van der Waals surface area contributed by atoms with Crippen LogP contribution in [0.1, 0.15) is 41.6 Å². The molecule has 9 nitrogen and oxygen atoms in total. The summed E-state index contributed by atoms with van der Waals surface area (Å²) in [6, 6.07) is 11.8. The number of nitriles is 1. The molecule has 0 atom stereocenters. The third-order valence-electron chi connectivity index (χ3n) is 5.58. The Labute approximate surface area is 198 Å². The van der Waals surface area contributed by atoms with Crippen LogP contribution in [0.4, 0.5) is 11.4 Å². The van der Waals surface area contributed by atoms with E-state index in [0.29, 0.717) is 11.4 Å². The number of esters is 1. The lowest BCUT2D eigenvalue weighted by Crippen LogP contribution is -2.24. The number of carbonyl (C=O) groups excluding carboxylic acids is 3. The van der Waals surface area contributed by atoms with E-state index < -0.39 is 18.5 Å². The number of methoxy groups -OCH3 is 2. The first-order chi connectivity index (χ1) is 16.4. The van der Waals surface area contributed by atoms with E-state index in [-0.39, 0.29) is 35.2 Å². The smallest absolute Gasteiger partial charge is 0.340 e. The number of nitrogens with one attached hydrogen (secondary N) is 2. The van der Waals surface area contributed by atoms with Gasteiger partial charge in [0.15, 0.2) is 18.1 Å². The zero-order chi connectivity index (χ0) is 24.5. The quantitative estimate of drug-likeness (QED) is 0.541. The summed E-state index contributed by atoms with van der Waals surface area (Å²) in [5.41, 5.74) is 1.62. The van der Waals surface area contributed by atoms with Crippen LogP contribution < -0.4 is 20.1 Å². The Kier molecular flexibility index (Phi) is 8.46. The second-order valence-corrected chi connectivity index (χ2v) is 7.88. The summed E-state index contributed by atoms with van der Waals surface area (Å²) in [5.74, 6) is -0.965. The van der Waals surface area contributed by atoms with Crippen LogP contribution in [0.3, 0.4) is 0 Å². The zero-order valence-corrected chi connectivity index (χ0v) is 19.2. The molecule has 2 N–H and O–H groups in total. The number of benzene rings is 2. The highest BCUT2D eigenvalue weighted by atomic mass is 16.5. The lowest BCUT2D eigenvalue weighted by Gasteiger charge is -2.17. The first-order valence-electron chi connectivity index (χ1n) is 10.9. The molecule has 3 rings (SSSR count). The number of carbonyl (C=O) groups is 3. The topological polar surface area (TPSA) is 127 Å². The molecule has 0 spiro atoms. The van der Waals surface area contributed by atoms with E-state index in [1.165, 1.54) is 26.4 Å². The number of ether oxygens (including phenoxy) is 3. The predicted molar refractivity (Wildman–Crippen MR) is 125 cm³/mol. The van der Waals surface area contributed by atoms with Crippen LogP contribution in [0.5, 0.6) is 11.5 Å². The Morgan fingerprint density at radius 2 is 1.65 bits per heavy atom. The lowest BCUT2D eigenvalue weighted by atomic mass is 10.1. The molecular formula is C25H27N3O6. The molecule has 0 aliphatic heterocycles. The molecule has 1 fully saturated rings. The van der Waals surface area contributed by atoms with E-state index in [0.717, 1.165) is 31.2 Å². The Morgan fingerprint density at radius 3 is 2.26 bits per heavy atom. The normalized spacial score (nSPS) is 13.0. The molecule has 1 aliphatic carbocycles. The van der Waals surface area contributed by atoms with Crippen molar-refractivity contribution in [3.8, 4) is 17.6 Å². The van der Waals surface area contributed by atoms with Gasteiger partial charge in [-0.25, -0.2) is 4.79 Å². The van der Waals surface area contributed by atoms with Crippen LogP contribution in [0.15, 0.2) is 36.4 Å². The first kappa shape index (κ1) is 24.6. The monoisotopic (exact) mass is 465 g/mol. The minimum atomic E-state index is -0.790. The van der Waals surface area contributed by atoms with Gasteiger partial charge in [-0.2, -0.15) is 5.26 Å². The molecule has 1 saturated carbocycles. The summed E-state index contributed by atoms with van der Waals surface area (Å²) in [7, 11) is 2.88. The van der Waals surface area contributed by atoms with E-state index in [1.807, 2.05) is 0 Å². The molecule has 0 radical (unpaired) electrons. The molecule has 178 valence electrons. The molecule has 9 heteroatoms. The average molecular weight is 466 g/mol. The molecule has 2 aromatic rings. The van der Waals surface area contributed by atoms with Crippen molar-refractivity contribution in [3.05, 3.63) is 47.5 Å². The number of amides is 2. The van der Waals surface area contributed by atoms with Gasteiger partial charge in [0.2, 0.25) is 5.91 Å². The third-order valence-corrected chi connectivity index (χ3v) is 5.58. The number of hydrogen-bond donors (Lipinski definition) is 2. The minimum Gasteiger partial charge on any atom is -0.493 e. The van der Waals surface area contributed by atoms with Crippen LogP contribution in [0.25, 0.3) is 0 Å². The van der Waals surface area contributed by atoms with Crippen LogP contribution in [0, 0.1) is 17.2 Å². The van der Waals surface area contributed by atoms with Crippen molar-refractivity contribution in [1.82, 2.24) is 0 Å². The summed E-state index contributed by atoms with van der Waals surface area (Å²) in [6.07, 6.45) is 3.87.